The lowest BCUT2D eigenvalue weighted by molar-refractivity contribution is -0.137. The molecule has 3 heterocycles. The Kier molecular flexibility index (Phi) is 5.30. The Bertz CT molecular complexity index is 1160. The number of alkyl halides is 3. The van der Waals surface area contributed by atoms with Gasteiger partial charge < -0.3 is 9.80 Å². The summed E-state index contributed by atoms with van der Waals surface area (Å²) >= 11 is 0. The van der Waals surface area contributed by atoms with Gasteiger partial charge in [-0.05, 0) is 24.3 Å². The number of halogens is 3. The number of benzene rings is 1. The number of aromatic nitrogens is 3. The topological polar surface area (TPSA) is 63.4 Å². The number of rotatable bonds is 3. The van der Waals surface area contributed by atoms with E-state index in [2.05, 4.69) is 5.10 Å². The number of carbonyl (C=O) groups excluding carboxylic acids is 1. The van der Waals surface area contributed by atoms with Crippen LogP contribution in [0.5, 0.6) is 0 Å². The van der Waals surface area contributed by atoms with Crippen LogP contribution in [0.4, 0.5) is 18.9 Å². The molecule has 0 radical (unpaired) electrons. The molecule has 0 bridgehead atoms. The third kappa shape index (κ3) is 4.32. The monoisotopic (exact) mass is 431 g/mol. The van der Waals surface area contributed by atoms with E-state index in [-0.39, 0.29) is 11.5 Å². The smallest absolute Gasteiger partial charge is 0.368 e. The van der Waals surface area contributed by atoms with E-state index < -0.39 is 11.7 Å². The average Bonchev–Trinajstić information content (AvgIpc) is 3.19. The van der Waals surface area contributed by atoms with Gasteiger partial charge in [-0.1, -0.05) is 6.07 Å². The second kappa shape index (κ2) is 7.93. The summed E-state index contributed by atoms with van der Waals surface area (Å²) in [6.07, 6.45) is 0.291. The van der Waals surface area contributed by atoms with Crippen molar-refractivity contribution in [2.24, 2.45) is 7.05 Å². The van der Waals surface area contributed by atoms with Crippen LogP contribution in [0.1, 0.15) is 15.9 Å². The fourth-order valence-electron chi connectivity index (χ4n) is 3.58. The minimum absolute atomic E-state index is 0.235. The third-order valence-electron chi connectivity index (χ3n) is 5.23. The number of hydrogen-bond acceptors (Lipinski definition) is 4. The van der Waals surface area contributed by atoms with Crippen LogP contribution in [-0.4, -0.2) is 51.3 Å². The van der Waals surface area contributed by atoms with Gasteiger partial charge in [0.05, 0.1) is 23.0 Å². The van der Waals surface area contributed by atoms with E-state index in [0.717, 1.165) is 12.1 Å². The molecule has 4 rings (SSSR count). The molecule has 0 atom stereocenters. The standard InChI is InChI=1S/C21H20F3N5O2/c1-26-14-18(12-25-26)29-13-15(5-6-19(29)30)20(31)28-9-7-27(8-10-28)17-4-2-3-16(11-17)21(22,23)24/h2-6,11-14H,7-10H2,1H3. The van der Waals surface area contributed by atoms with Crippen LogP contribution >= 0.6 is 0 Å². The van der Waals surface area contributed by atoms with E-state index in [9.17, 15) is 22.8 Å². The third-order valence-corrected chi connectivity index (χ3v) is 5.23. The van der Waals surface area contributed by atoms with Gasteiger partial charge >= 0.3 is 6.18 Å². The Labute approximate surface area is 175 Å². The SMILES string of the molecule is Cn1cc(-n2cc(C(=O)N3CCN(c4cccc(C(F)(F)F)c4)CC3)ccc2=O)cn1. The zero-order valence-corrected chi connectivity index (χ0v) is 16.7. The lowest BCUT2D eigenvalue weighted by Crippen LogP contribution is -2.49. The summed E-state index contributed by atoms with van der Waals surface area (Å²) in [6, 6.07) is 8.01. The number of carbonyl (C=O) groups is 1. The molecule has 10 heteroatoms. The first kappa shape index (κ1) is 20.7. The maximum atomic E-state index is 13.0. The molecule has 0 N–H and O–H groups in total. The minimum atomic E-state index is -4.40. The molecule has 162 valence electrons. The first-order valence-electron chi connectivity index (χ1n) is 9.65. The van der Waals surface area contributed by atoms with E-state index in [4.69, 9.17) is 0 Å². The summed E-state index contributed by atoms with van der Waals surface area (Å²) in [6.45, 7) is 1.55. The van der Waals surface area contributed by atoms with Crippen LogP contribution in [0, 0.1) is 0 Å². The zero-order valence-electron chi connectivity index (χ0n) is 16.7. The van der Waals surface area contributed by atoms with Crippen LogP contribution in [0.2, 0.25) is 0 Å². The largest absolute Gasteiger partial charge is 0.416 e. The van der Waals surface area contributed by atoms with Gasteiger partial charge in [0.1, 0.15) is 0 Å². The van der Waals surface area contributed by atoms with Crippen molar-refractivity contribution >= 4 is 11.6 Å². The summed E-state index contributed by atoms with van der Waals surface area (Å²) < 4.78 is 41.8. The number of piperazine rings is 1. The maximum Gasteiger partial charge on any atom is 0.416 e. The van der Waals surface area contributed by atoms with Gasteiger partial charge in [0.2, 0.25) is 0 Å². The van der Waals surface area contributed by atoms with Crippen LogP contribution < -0.4 is 10.5 Å². The molecule has 1 aliphatic heterocycles. The second-order valence-electron chi connectivity index (χ2n) is 7.33. The van der Waals surface area contributed by atoms with Crippen molar-refractivity contribution in [1.29, 1.82) is 0 Å². The molecule has 31 heavy (non-hydrogen) atoms. The van der Waals surface area contributed by atoms with E-state index in [1.807, 2.05) is 4.90 Å². The molecular formula is C21H20F3N5O2. The molecule has 1 aliphatic rings. The Morgan fingerprint density at radius 2 is 1.74 bits per heavy atom. The van der Waals surface area contributed by atoms with E-state index in [1.165, 1.54) is 35.2 Å². The Balaban J connectivity index is 1.47. The van der Waals surface area contributed by atoms with Gasteiger partial charge in [-0.25, -0.2) is 0 Å². The lowest BCUT2D eigenvalue weighted by Gasteiger charge is -2.36. The number of anilines is 1. The van der Waals surface area contributed by atoms with Crippen molar-refractivity contribution in [3.8, 4) is 5.69 Å². The van der Waals surface area contributed by atoms with Gasteiger partial charge in [-0.3, -0.25) is 18.8 Å². The summed E-state index contributed by atoms with van der Waals surface area (Å²) in [5.74, 6) is -0.235. The van der Waals surface area contributed by atoms with E-state index >= 15 is 0 Å². The molecule has 1 aromatic carbocycles. The normalized spacial score (nSPS) is 14.7. The summed E-state index contributed by atoms with van der Waals surface area (Å²) in [5, 5.41) is 4.04. The van der Waals surface area contributed by atoms with Crippen LogP contribution in [0.3, 0.4) is 0 Å². The van der Waals surface area contributed by atoms with Gasteiger partial charge in [-0.15, -0.1) is 0 Å². The van der Waals surface area contributed by atoms with Gasteiger partial charge in [0.15, 0.2) is 0 Å². The van der Waals surface area contributed by atoms with E-state index in [1.54, 1.807) is 28.9 Å². The van der Waals surface area contributed by atoms with Crippen molar-refractivity contribution in [3.63, 3.8) is 0 Å². The van der Waals surface area contributed by atoms with Crippen molar-refractivity contribution in [1.82, 2.24) is 19.2 Å². The second-order valence-corrected chi connectivity index (χ2v) is 7.33. The van der Waals surface area contributed by atoms with Crippen molar-refractivity contribution in [2.45, 2.75) is 6.18 Å². The summed E-state index contributed by atoms with van der Waals surface area (Å²) in [7, 11) is 1.73. The molecule has 1 amide bonds. The van der Waals surface area contributed by atoms with Crippen LogP contribution in [-0.2, 0) is 13.2 Å². The molecule has 0 spiro atoms. The molecule has 1 saturated heterocycles. The van der Waals surface area contributed by atoms with Crippen molar-refractivity contribution in [2.75, 3.05) is 31.1 Å². The minimum Gasteiger partial charge on any atom is -0.368 e. The highest BCUT2D eigenvalue weighted by Crippen LogP contribution is 2.31. The fraction of sp³-hybridized carbons (Fsp3) is 0.286. The maximum absolute atomic E-state index is 13.0. The molecule has 0 saturated carbocycles. The molecule has 2 aromatic heterocycles. The highest BCUT2D eigenvalue weighted by Gasteiger charge is 2.31. The van der Waals surface area contributed by atoms with Gasteiger partial charge in [-0.2, -0.15) is 18.3 Å². The zero-order chi connectivity index (χ0) is 22.2. The van der Waals surface area contributed by atoms with E-state index in [0.29, 0.717) is 43.1 Å². The molecular weight excluding hydrogens is 411 g/mol. The predicted octanol–water partition coefficient (Wildman–Crippen LogP) is 2.55. The Morgan fingerprint density at radius 1 is 1.00 bits per heavy atom. The molecule has 1 fully saturated rings. The molecule has 7 nitrogen and oxygen atoms in total. The fourth-order valence-corrected chi connectivity index (χ4v) is 3.58. The van der Waals surface area contributed by atoms with Crippen molar-refractivity contribution in [3.05, 3.63) is 76.5 Å². The molecule has 3 aromatic rings. The van der Waals surface area contributed by atoms with Gasteiger partial charge in [0, 0.05) is 57.4 Å². The highest BCUT2D eigenvalue weighted by atomic mass is 19.4. The van der Waals surface area contributed by atoms with Gasteiger partial charge in [0.25, 0.3) is 11.5 Å². The quantitative estimate of drug-likeness (QED) is 0.640. The van der Waals surface area contributed by atoms with Crippen LogP contribution in [0.25, 0.3) is 5.69 Å². The molecule has 0 aliphatic carbocycles. The predicted molar refractivity (Wildman–Crippen MR) is 108 cm³/mol. The highest BCUT2D eigenvalue weighted by molar-refractivity contribution is 5.94. The van der Waals surface area contributed by atoms with Crippen LogP contribution in [0.15, 0.2) is 59.8 Å². The van der Waals surface area contributed by atoms with Crippen molar-refractivity contribution < 1.29 is 18.0 Å². The number of pyridine rings is 1. The number of amides is 1. The lowest BCUT2D eigenvalue weighted by atomic mass is 10.1. The Hall–Kier alpha value is -3.56. The first-order valence-corrected chi connectivity index (χ1v) is 9.65. The number of aryl methyl sites for hydroxylation is 1. The summed E-state index contributed by atoms with van der Waals surface area (Å²) in [5.41, 5.74) is 0.416. The molecule has 0 unspecified atom stereocenters. The number of hydrogen-bond donors (Lipinski definition) is 0. The number of nitrogens with zero attached hydrogens (tertiary/aromatic N) is 5. The summed E-state index contributed by atoms with van der Waals surface area (Å²) in [4.78, 5) is 28.6. The average molecular weight is 431 g/mol. The first-order chi connectivity index (χ1) is 14.7. The Morgan fingerprint density at radius 3 is 2.39 bits per heavy atom.